The molecule has 17 heavy (non-hydrogen) atoms. The summed E-state index contributed by atoms with van der Waals surface area (Å²) in [7, 11) is 0. The zero-order valence-corrected chi connectivity index (χ0v) is 13.2. The summed E-state index contributed by atoms with van der Waals surface area (Å²) in [4.78, 5) is 10.5. The van der Waals surface area contributed by atoms with Gasteiger partial charge in [-0.05, 0) is 17.3 Å². The summed E-state index contributed by atoms with van der Waals surface area (Å²) in [6.45, 7) is 0. The Morgan fingerprint density at radius 1 is 0.706 bits per heavy atom. The average Bonchev–Trinajstić information content (AvgIpc) is 2.30. The van der Waals surface area contributed by atoms with Gasteiger partial charge in [0.1, 0.15) is 0 Å². The Hall–Kier alpha value is 0.200. The highest BCUT2D eigenvalue weighted by Crippen LogP contribution is 2.12. The molecule has 0 aromatic carbocycles. The molecule has 3 heteroatoms. The summed E-state index contributed by atoms with van der Waals surface area (Å²) in [5, 5.41) is 0. The van der Waals surface area contributed by atoms with Crippen LogP contribution >= 0.6 is 22.6 Å². The van der Waals surface area contributed by atoms with Gasteiger partial charge in [0, 0.05) is 6.42 Å². The molecule has 0 aromatic rings. The zero-order valence-electron chi connectivity index (χ0n) is 11.1. The minimum Gasteiger partial charge on any atom is -0.370 e. The first-order chi connectivity index (χ1) is 8.27. The van der Waals surface area contributed by atoms with E-state index in [1.165, 1.54) is 68.6 Å². The maximum Gasteiger partial charge on any atom is 0.217 e. The van der Waals surface area contributed by atoms with Crippen LogP contribution in [0.1, 0.15) is 77.0 Å². The monoisotopic (exact) mass is 353 g/mol. The van der Waals surface area contributed by atoms with E-state index < -0.39 is 0 Å². The first-order valence-corrected chi connectivity index (χ1v) is 8.64. The molecule has 0 aromatic heterocycles. The van der Waals surface area contributed by atoms with Crippen LogP contribution in [0.25, 0.3) is 0 Å². The summed E-state index contributed by atoms with van der Waals surface area (Å²) < 4.78 is 1.31. The number of halogens is 1. The average molecular weight is 353 g/mol. The highest BCUT2D eigenvalue weighted by Gasteiger charge is 1.95. The van der Waals surface area contributed by atoms with Crippen LogP contribution in [0.3, 0.4) is 0 Å². The molecule has 0 unspecified atom stereocenters. The van der Waals surface area contributed by atoms with E-state index in [-0.39, 0.29) is 5.91 Å². The van der Waals surface area contributed by atoms with Crippen LogP contribution in [0.2, 0.25) is 0 Å². The largest absolute Gasteiger partial charge is 0.370 e. The van der Waals surface area contributed by atoms with Crippen LogP contribution in [0.15, 0.2) is 0 Å². The minimum atomic E-state index is -0.156. The van der Waals surface area contributed by atoms with Gasteiger partial charge < -0.3 is 5.73 Å². The maximum absolute atomic E-state index is 10.5. The molecule has 0 aliphatic carbocycles. The molecule has 0 rings (SSSR count). The highest BCUT2D eigenvalue weighted by atomic mass is 127. The van der Waals surface area contributed by atoms with Crippen LogP contribution in [-0.4, -0.2) is 10.3 Å². The van der Waals surface area contributed by atoms with E-state index in [1.807, 2.05) is 0 Å². The fourth-order valence-electron chi connectivity index (χ4n) is 1.98. The Morgan fingerprint density at radius 2 is 1.06 bits per heavy atom. The lowest BCUT2D eigenvalue weighted by molar-refractivity contribution is -0.118. The van der Waals surface area contributed by atoms with Crippen molar-refractivity contribution in [3.05, 3.63) is 0 Å². The van der Waals surface area contributed by atoms with Crippen molar-refractivity contribution in [2.24, 2.45) is 5.73 Å². The van der Waals surface area contributed by atoms with E-state index in [9.17, 15) is 4.79 Å². The van der Waals surface area contributed by atoms with Crippen molar-refractivity contribution in [3.63, 3.8) is 0 Å². The van der Waals surface area contributed by atoms with E-state index in [1.54, 1.807) is 0 Å². The Bertz CT molecular complexity index is 174. The molecule has 0 heterocycles. The van der Waals surface area contributed by atoms with Gasteiger partial charge in [-0.25, -0.2) is 0 Å². The van der Waals surface area contributed by atoms with Gasteiger partial charge in [-0.2, -0.15) is 0 Å². The van der Waals surface area contributed by atoms with Crippen molar-refractivity contribution in [1.29, 1.82) is 0 Å². The molecule has 0 fully saturated rings. The number of unbranched alkanes of at least 4 members (excludes halogenated alkanes) is 10. The van der Waals surface area contributed by atoms with E-state index in [0.717, 1.165) is 6.42 Å². The lowest BCUT2D eigenvalue weighted by atomic mass is 10.1. The van der Waals surface area contributed by atoms with E-state index in [2.05, 4.69) is 22.6 Å². The Balaban J connectivity index is 2.91. The number of hydrogen-bond donors (Lipinski definition) is 1. The fourth-order valence-corrected chi connectivity index (χ4v) is 2.52. The lowest BCUT2D eigenvalue weighted by Gasteiger charge is -2.02. The molecule has 0 atom stereocenters. The van der Waals surface area contributed by atoms with E-state index >= 15 is 0 Å². The second kappa shape index (κ2) is 14.3. The topological polar surface area (TPSA) is 43.1 Å². The molecular weight excluding hydrogens is 325 g/mol. The zero-order chi connectivity index (χ0) is 12.8. The van der Waals surface area contributed by atoms with Gasteiger partial charge in [0.15, 0.2) is 0 Å². The van der Waals surface area contributed by atoms with E-state index in [0.29, 0.717) is 6.42 Å². The molecular formula is C14H28INO. The molecule has 0 radical (unpaired) electrons. The number of amides is 1. The number of primary amides is 1. The second-order valence-electron chi connectivity index (χ2n) is 4.79. The number of hydrogen-bond acceptors (Lipinski definition) is 1. The molecule has 0 aliphatic rings. The Kier molecular flexibility index (Phi) is 14.4. The standard InChI is InChI=1S/C14H28INO/c15-13-11-9-7-5-3-1-2-4-6-8-10-12-14(16)17/h1-13H2,(H2,16,17). The SMILES string of the molecule is NC(=O)CCCCCCCCCCCCCI. The van der Waals surface area contributed by atoms with Crippen molar-refractivity contribution < 1.29 is 4.79 Å². The summed E-state index contributed by atoms with van der Waals surface area (Å²) >= 11 is 2.45. The van der Waals surface area contributed by atoms with Gasteiger partial charge in [-0.1, -0.05) is 80.4 Å². The molecule has 0 saturated heterocycles. The molecule has 0 aliphatic heterocycles. The Morgan fingerprint density at radius 3 is 1.41 bits per heavy atom. The summed E-state index contributed by atoms with van der Waals surface area (Å²) in [5.74, 6) is -0.156. The van der Waals surface area contributed by atoms with Crippen molar-refractivity contribution in [3.8, 4) is 0 Å². The molecule has 2 N–H and O–H groups in total. The van der Waals surface area contributed by atoms with E-state index in [4.69, 9.17) is 5.73 Å². The number of rotatable bonds is 13. The van der Waals surface area contributed by atoms with Crippen molar-refractivity contribution in [2.75, 3.05) is 4.43 Å². The molecule has 1 amide bonds. The van der Waals surface area contributed by atoms with Crippen LogP contribution < -0.4 is 5.73 Å². The fraction of sp³-hybridized carbons (Fsp3) is 0.929. The quantitative estimate of drug-likeness (QED) is 0.294. The van der Waals surface area contributed by atoms with Gasteiger partial charge >= 0.3 is 0 Å². The Labute approximate surface area is 120 Å². The predicted molar refractivity (Wildman–Crippen MR) is 83.5 cm³/mol. The van der Waals surface area contributed by atoms with Gasteiger partial charge in [0.2, 0.25) is 5.91 Å². The summed E-state index contributed by atoms with van der Waals surface area (Å²) in [6, 6.07) is 0. The minimum absolute atomic E-state index is 0.156. The van der Waals surface area contributed by atoms with Crippen molar-refractivity contribution in [1.82, 2.24) is 0 Å². The van der Waals surface area contributed by atoms with Crippen LogP contribution in [0, 0.1) is 0 Å². The third-order valence-electron chi connectivity index (χ3n) is 3.06. The first kappa shape index (κ1) is 17.2. The molecule has 0 spiro atoms. The number of carbonyl (C=O) groups is 1. The third kappa shape index (κ3) is 16.2. The smallest absolute Gasteiger partial charge is 0.217 e. The predicted octanol–water partition coefficient (Wildman–Crippen LogP) is 4.59. The van der Waals surface area contributed by atoms with Crippen LogP contribution in [-0.2, 0) is 4.79 Å². The molecule has 0 saturated carbocycles. The van der Waals surface area contributed by atoms with Crippen LogP contribution in [0.4, 0.5) is 0 Å². The normalized spacial score (nSPS) is 10.6. The van der Waals surface area contributed by atoms with Crippen molar-refractivity contribution >= 4 is 28.5 Å². The molecule has 2 nitrogen and oxygen atoms in total. The number of alkyl halides is 1. The molecule has 0 bridgehead atoms. The van der Waals surface area contributed by atoms with Gasteiger partial charge in [0.05, 0.1) is 0 Å². The highest BCUT2D eigenvalue weighted by molar-refractivity contribution is 14.1. The lowest BCUT2D eigenvalue weighted by Crippen LogP contribution is -2.09. The first-order valence-electron chi connectivity index (χ1n) is 7.11. The molecule has 102 valence electrons. The van der Waals surface area contributed by atoms with Crippen LogP contribution in [0.5, 0.6) is 0 Å². The summed E-state index contributed by atoms with van der Waals surface area (Å²) in [5.41, 5.74) is 5.08. The van der Waals surface area contributed by atoms with Gasteiger partial charge in [-0.15, -0.1) is 0 Å². The van der Waals surface area contributed by atoms with Crippen molar-refractivity contribution in [2.45, 2.75) is 77.0 Å². The summed E-state index contributed by atoms with van der Waals surface area (Å²) in [6.07, 6.45) is 15.1. The number of carbonyl (C=O) groups excluding carboxylic acids is 1. The van der Waals surface area contributed by atoms with Gasteiger partial charge in [-0.3, -0.25) is 4.79 Å². The maximum atomic E-state index is 10.5. The number of nitrogens with two attached hydrogens (primary N) is 1. The third-order valence-corrected chi connectivity index (χ3v) is 3.82. The second-order valence-corrected chi connectivity index (χ2v) is 5.87. The van der Waals surface area contributed by atoms with Gasteiger partial charge in [0.25, 0.3) is 0 Å².